The van der Waals surface area contributed by atoms with E-state index in [4.69, 9.17) is 0 Å². The smallest absolute Gasteiger partial charge is 0.308 e. The van der Waals surface area contributed by atoms with E-state index in [1.165, 1.54) is 32.1 Å². The SMILES string of the molecule is C[C@@H]1CN(C(=O)C2CCC(NC(=O)CC3CCCCC3)CC2)C[C@H]1C(=O)O. The summed E-state index contributed by atoms with van der Waals surface area (Å²) >= 11 is 0. The third-order valence-electron chi connectivity index (χ3n) is 6.88. The van der Waals surface area contributed by atoms with Gasteiger partial charge in [0.15, 0.2) is 0 Å². The van der Waals surface area contributed by atoms with Gasteiger partial charge in [-0.25, -0.2) is 0 Å². The summed E-state index contributed by atoms with van der Waals surface area (Å²) in [5, 5.41) is 12.4. The second kappa shape index (κ2) is 9.07. The Labute approximate surface area is 162 Å². The van der Waals surface area contributed by atoms with Gasteiger partial charge in [-0.1, -0.05) is 26.2 Å². The zero-order valence-electron chi connectivity index (χ0n) is 16.5. The lowest BCUT2D eigenvalue weighted by Gasteiger charge is -2.31. The number of carbonyl (C=O) groups is 3. The van der Waals surface area contributed by atoms with E-state index < -0.39 is 11.9 Å². The predicted molar refractivity (Wildman–Crippen MR) is 102 cm³/mol. The molecule has 6 nitrogen and oxygen atoms in total. The lowest BCUT2D eigenvalue weighted by Crippen LogP contribution is -2.42. The van der Waals surface area contributed by atoms with Gasteiger partial charge in [-0.2, -0.15) is 0 Å². The Balaban J connectivity index is 1.40. The van der Waals surface area contributed by atoms with Crippen LogP contribution in [0.3, 0.4) is 0 Å². The Morgan fingerprint density at radius 3 is 2.22 bits per heavy atom. The molecule has 2 saturated carbocycles. The third-order valence-corrected chi connectivity index (χ3v) is 6.88. The molecule has 2 atom stereocenters. The van der Waals surface area contributed by atoms with E-state index in [0.717, 1.165) is 25.7 Å². The fourth-order valence-electron chi connectivity index (χ4n) is 5.15. The van der Waals surface area contributed by atoms with Crippen molar-refractivity contribution in [3.63, 3.8) is 0 Å². The first-order valence-electron chi connectivity index (χ1n) is 10.7. The number of carboxylic acid groups (broad SMARTS) is 1. The average molecular weight is 379 g/mol. The van der Waals surface area contributed by atoms with Crippen LogP contribution in [0.5, 0.6) is 0 Å². The topological polar surface area (TPSA) is 86.7 Å². The molecule has 2 N–H and O–H groups in total. The molecule has 3 fully saturated rings. The average Bonchev–Trinajstić information content (AvgIpc) is 3.04. The van der Waals surface area contributed by atoms with Crippen LogP contribution in [-0.2, 0) is 14.4 Å². The van der Waals surface area contributed by atoms with Crippen LogP contribution in [0, 0.1) is 23.7 Å². The van der Waals surface area contributed by atoms with E-state index >= 15 is 0 Å². The normalized spacial score (nSPS) is 32.3. The maximum Gasteiger partial charge on any atom is 0.308 e. The fourth-order valence-corrected chi connectivity index (χ4v) is 5.15. The molecule has 3 aliphatic rings. The van der Waals surface area contributed by atoms with Gasteiger partial charge in [-0.15, -0.1) is 0 Å². The number of rotatable bonds is 5. The van der Waals surface area contributed by atoms with Gasteiger partial charge in [0, 0.05) is 31.5 Å². The van der Waals surface area contributed by atoms with Crippen molar-refractivity contribution in [2.75, 3.05) is 13.1 Å². The van der Waals surface area contributed by atoms with E-state index in [-0.39, 0.29) is 29.7 Å². The molecule has 3 rings (SSSR count). The van der Waals surface area contributed by atoms with Crippen molar-refractivity contribution < 1.29 is 19.5 Å². The van der Waals surface area contributed by atoms with Crippen molar-refractivity contribution in [2.24, 2.45) is 23.7 Å². The molecule has 0 aromatic rings. The minimum absolute atomic E-state index is 0.0156. The van der Waals surface area contributed by atoms with Gasteiger partial charge in [0.25, 0.3) is 0 Å². The molecular formula is C21H34N2O4. The number of aliphatic carboxylic acids is 1. The Morgan fingerprint density at radius 2 is 1.63 bits per heavy atom. The first kappa shape index (κ1) is 20.2. The van der Waals surface area contributed by atoms with Crippen molar-refractivity contribution in [2.45, 2.75) is 77.2 Å². The van der Waals surface area contributed by atoms with Crippen molar-refractivity contribution in [3.8, 4) is 0 Å². The second-order valence-corrected chi connectivity index (χ2v) is 8.99. The largest absolute Gasteiger partial charge is 0.481 e. The van der Waals surface area contributed by atoms with Crippen LogP contribution in [0.15, 0.2) is 0 Å². The molecule has 6 heteroatoms. The quantitative estimate of drug-likeness (QED) is 0.770. The van der Waals surface area contributed by atoms with Gasteiger partial charge in [-0.05, 0) is 50.4 Å². The number of carbonyl (C=O) groups excluding carboxylic acids is 2. The molecule has 1 saturated heterocycles. The highest BCUT2D eigenvalue weighted by Gasteiger charge is 2.39. The molecule has 2 amide bonds. The third kappa shape index (κ3) is 5.23. The summed E-state index contributed by atoms with van der Waals surface area (Å²) in [5.41, 5.74) is 0. The van der Waals surface area contributed by atoms with Crippen LogP contribution in [0.2, 0.25) is 0 Å². The zero-order valence-corrected chi connectivity index (χ0v) is 16.5. The first-order chi connectivity index (χ1) is 12.9. The van der Waals surface area contributed by atoms with Crippen LogP contribution in [0.25, 0.3) is 0 Å². The lowest BCUT2D eigenvalue weighted by molar-refractivity contribution is -0.142. The monoisotopic (exact) mass is 378 g/mol. The molecule has 0 spiro atoms. The first-order valence-corrected chi connectivity index (χ1v) is 10.7. The summed E-state index contributed by atoms with van der Waals surface area (Å²) in [6, 6.07) is 0.189. The summed E-state index contributed by atoms with van der Waals surface area (Å²) in [4.78, 5) is 38.1. The van der Waals surface area contributed by atoms with Gasteiger partial charge >= 0.3 is 5.97 Å². The molecule has 2 aliphatic carbocycles. The number of carboxylic acids is 1. The Kier molecular flexibility index (Phi) is 6.77. The number of amides is 2. The van der Waals surface area contributed by atoms with Gasteiger partial charge in [0.1, 0.15) is 0 Å². The molecule has 0 unspecified atom stereocenters. The minimum Gasteiger partial charge on any atom is -0.481 e. The molecular weight excluding hydrogens is 344 g/mol. The summed E-state index contributed by atoms with van der Waals surface area (Å²) in [6.45, 7) is 2.80. The number of hydrogen-bond donors (Lipinski definition) is 2. The van der Waals surface area contributed by atoms with Crippen LogP contribution in [-0.4, -0.2) is 46.9 Å². The van der Waals surface area contributed by atoms with Crippen molar-refractivity contribution in [1.82, 2.24) is 10.2 Å². The van der Waals surface area contributed by atoms with E-state index in [2.05, 4.69) is 5.32 Å². The lowest BCUT2D eigenvalue weighted by atomic mass is 9.84. The second-order valence-electron chi connectivity index (χ2n) is 8.99. The predicted octanol–water partition coefficient (Wildman–Crippen LogP) is 2.81. The molecule has 1 heterocycles. The van der Waals surface area contributed by atoms with E-state index in [1.807, 2.05) is 6.92 Å². The van der Waals surface area contributed by atoms with Gasteiger partial charge < -0.3 is 15.3 Å². The number of nitrogens with one attached hydrogen (secondary N) is 1. The molecule has 1 aliphatic heterocycles. The maximum absolute atomic E-state index is 12.8. The van der Waals surface area contributed by atoms with Gasteiger partial charge in [-0.3, -0.25) is 14.4 Å². The van der Waals surface area contributed by atoms with E-state index in [9.17, 15) is 19.5 Å². The molecule has 27 heavy (non-hydrogen) atoms. The summed E-state index contributed by atoms with van der Waals surface area (Å²) < 4.78 is 0. The van der Waals surface area contributed by atoms with Crippen LogP contribution in [0.4, 0.5) is 0 Å². The number of nitrogens with zero attached hydrogens (tertiary/aromatic N) is 1. The number of likely N-dealkylation sites (tertiary alicyclic amines) is 1. The van der Waals surface area contributed by atoms with E-state index in [0.29, 0.717) is 25.4 Å². The molecule has 0 radical (unpaired) electrons. The summed E-state index contributed by atoms with van der Waals surface area (Å²) in [6.07, 6.45) is 10.1. The Morgan fingerprint density at radius 1 is 0.963 bits per heavy atom. The van der Waals surface area contributed by atoms with Gasteiger partial charge in [0.05, 0.1) is 5.92 Å². The van der Waals surface area contributed by atoms with Crippen LogP contribution < -0.4 is 5.32 Å². The minimum atomic E-state index is -0.804. The molecule has 152 valence electrons. The molecule has 0 aromatic carbocycles. The van der Waals surface area contributed by atoms with Crippen molar-refractivity contribution in [3.05, 3.63) is 0 Å². The van der Waals surface area contributed by atoms with Crippen molar-refractivity contribution >= 4 is 17.8 Å². The highest BCUT2D eigenvalue weighted by Crippen LogP contribution is 2.31. The fraction of sp³-hybridized carbons (Fsp3) is 0.857. The zero-order chi connectivity index (χ0) is 19.4. The van der Waals surface area contributed by atoms with Crippen LogP contribution in [0.1, 0.15) is 71.1 Å². The standard InChI is InChI=1S/C21H34N2O4/c1-14-12-23(13-18(14)21(26)27)20(25)16-7-9-17(10-8-16)22-19(24)11-15-5-3-2-4-6-15/h14-18H,2-13H2,1H3,(H,22,24)(H,26,27)/t14-,16?,17?,18-/m1/s1. The molecule has 0 aromatic heterocycles. The number of hydrogen-bond acceptors (Lipinski definition) is 3. The summed E-state index contributed by atoms with van der Waals surface area (Å²) in [7, 11) is 0. The summed E-state index contributed by atoms with van der Waals surface area (Å²) in [5.74, 6) is -0.410. The van der Waals surface area contributed by atoms with Crippen molar-refractivity contribution in [1.29, 1.82) is 0 Å². The van der Waals surface area contributed by atoms with Crippen LogP contribution >= 0.6 is 0 Å². The Hall–Kier alpha value is -1.59. The highest BCUT2D eigenvalue weighted by molar-refractivity contribution is 5.81. The highest BCUT2D eigenvalue weighted by atomic mass is 16.4. The Bertz CT molecular complexity index is 550. The van der Waals surface area contributed by atoms with E-state index in [1.54, 1.807) is 4.90 Å². The van der Waals surface area contributed by atoms with Gasteiger partial charge in [0.2, 0.25) is 11.8 Å². The maximum atomic E-state index is 12.8. The molecule has 0 bridgehead atoms.